The predicted octanol–water partition coefficient (Wildman–Crippen LogP) is 5.30. The first-order chi connectivity index (χ1) is 17.0. The number of aliphatic hydroxyl groups is 1. The first-order valence-corrected chi connectivity index (χ1v) is 13.5. The van der Waals surface area contributed by atoms with Crippen LogP contribution in [0.15, 0.2) is 54.1 Å². The maximum Gasteiger partial charge on any atom is 0.488 e. The Bertz CT molecular complexity index is 842. The highest BCUT2D eigenvalue weighted by atomic mass is 16.6. The fourth-order valence-electron chi connectivity index (χ4n) is 5.42. The summed E-state index contributed by atoms with van der Waals surface area (Å²) in [4.78, 5) is 12.2. The summed E-state index contributed by atoms with van der Waals surface area (Å²) in [5, 5.41) is 13.6. The van der Waals surface area contributed by atoms with E-state index in [9.17, 15) is 9.90 Å². The number of carbonyl (C=O) groups is 1. The largest absolute Gasteiger partial charge is 0.488 e. The fraction of sp³-hybridized carbons (Fsp3) is 0.621. The third-order valence-electron chi connectivity index (χ3n) is 7.46. The quantitative estimate of drug-likeness (QED) is 0.280. The lowest BCUT2D eigenvalue weighted by Crippen LogP contribution is -2.40. The van der Waals surface area contributed by atoms with Gasteiger partial charge in [-0.15, -0.1) is 0 Å². The van der Waals surface area contributed by atoms with Gasteiger partial charge in [-0.1, -0.05) is 73.9 Å². The number of aliphatic hydroxyl groups excluding tert-OH is 1. The normalized spacial score (nSPS) is 25.9. The molecular formula is C29H43BNO4. The van der Waals surface area contributed by atoms with Crippen LogP contribution in [0.3, 0.4) is 0 Å². The highest BCUT2D eigenvalue weighted by Gasteiger charge is 2.50. The molecule has 1 amide bonds. The van der Waals surface area contributed by atoms with E-state index in [0.717, 1.165) is 44.9 Å². The van der Waals surface area contributed by atoms with E-state index in [4.69, 9.17) is 9.31 Å². The molecule has 1 aliphatic heterocycles. The smallest absolute Gasteiger partial charge is 0.410 e. The van der Waals surface area contributed by atoms with Crippen molar-refractivity contribution in [1.82, 2.24) is 5.32 Å². The lowest BCUT2D eigenvalue weighted by molar-refractivity contribution is -0.121. The van der Waals surface area contributed by atoms with Gasteiger partial charge in [-0.2, -0.15) is 0 Å². The number of carbonyl (C=O) groups excluding carboxylic acids is 1. The second-order valence-electron chi connectivity index (χ2n) is 10.2. The first-order valence-electron chi connectivity index (χ1n) is 13.5. The minimum atomic E-state index is -0.518. The van der Waals surface area contributed by atoms with Crippen LogP contribution >= 0.6 is 0 Å². The van der Waals surface area contributed by atoms with Crippen LogP contribution in [0.4, 0.5) is 0 Å². The summed E-state index contributed by atoms with van der Waals surface area (Å²) in [5.41, 5.74) is 2.04. The molecule has 1 saturated carbocycles. The summed E-state index contributed by atoms with van der Waals surface area (Å²) >= 11 is 0. The number of fused-ring (bicyclic) bond motifs is 2. The minimum Gasteiger partial charge on any atom is -0.410 e. The van der Waals surface area contributed by atoms with E-state index < -0.39 is 11.7 Å². The highest BCUT2D eigenvalue weighted by Crippen LogP contribution is 2.47. The topological polar surface area (TPSA) is 67.8 Å². The van der Waals surface area contributed by atoms with E-state index in [2.05, 4.69) is 43.4 Å². The van der Waals surface area contributed by atoms with Crippen molar-refractivity contribution in [2.45, 2.75) is 96.4 Å². The molecule has 2 N–H and O–H groups in total. The van der Waals surface area contributed by atoms with Crippen molar-refractivity contribution in [2.24, 2.45) is 11.8 Å². The van der Waals surface area contributed by atoms with Crippen LogP contribution < -0.4 is 5.32 Å². The number of unbranched alkanes of at least 4 members (excludes halogenated alkanes) is 1. The Labute approximate surface area is 212 Å². The van der Waals surface area contributed by atoms with Gasteiger partial charge in [0.15, 0.2) is 0 Å². The van der Waals surface area contributed by atoms with E-state index in [0.29, 0.717) is 25.3 Å². The predicted molar refractivity (Wildman–Crippen MR) is 142 cm³/mol. The zero-order valence-corrected chi connectivity index (χ0v) is 21.7. The molecule has 1 aliphatic carbocycles. The van der Waals surface area contributed by atoms with Crippen LogP contribution in [-0.2, 0) is 20.5 Å². The van der Waals surface area contributed by atoms with Crippen LogP contribution in [0.2, 0.25) is 0 Å². The maximum atomic E-state index is 12.2. The Morgan fingerprint density at radius 3 is 2.83 bits per heavy atom. The van der Waals surface area contributed by atoms with Crippen LogP contribution in [0.25, 0.3) is 0 Å². The van der Waals surface area contributed by atoms with Gasteiger partial charge in [0.1, 0.15) is 0 Å². The van der Waals surface area contributed by atoms with Crippen LogP contribution in [0, 0.1) is 11.8 Å². The SMILES string of the molecule is CCCCC(CC=C(C)[C@H]1C[C@@H]2C[C@@]1(/C=C/[C@@H](O)CCc1ccccc1)O[B]O2)CC(=O)NCC. The minimum absolute atomic E-state index is 0.134. The molecule has 1 aromatic carbocycles. The number of rotatable bonds is 14. The van der Waals surface area contributed by atoms with Gasteiger partial charge in [0, 0.05) is 31.4 Å². The summed E-state index contributed by atoms with van der Waals surface area (Å²) in [6.07, 6.45) is 13.9. The molecule has 2 fully saturated rings. The van der Waals surface area contributed by atoms with Gasteiger partial charge in [0.25, 0.3) is 0 Å². The molecule has 1 radical (unpaired) electrons. The van der Waals surface area contributed by atoms with Crippen LogP contribution in [0.1, 0.15) is 77.7 Å². The van der Waals surface area contributed by atoms with Crippen molar-refractivity contribution in [3.8, 4) is 0 Å². The molecule has 2 bridgehead atoms. The zero-order valence-electron chi connectivity index (χ0n) is 21.7. The third-order valence-corrected chi connectivity index (χ3v) is 7.46. The highest BCUT2D eigenvalue weighted by molar-refractivity contribution is 6.18. The van der Waals surface area contributed by atoms with Gasteiger partial charge in [0.05, 0.1) is 11.7 Å². The van der Waals surface area contributed by atoms with Gasteiger partial charge < -0.3 is 19.7 Å². The van der Waals surface area contributed by atoms with E-state index >= 15 is 0 Å². The van der Waals surface area contributed by atoms with Crippen molar-refractivity contribution >= 4 is 13.6 Å². The van der Waals surface area contributed by atoms with E-state index in [1.807, 2.05) is 31.2 Å². The summed E-state index contributed by atoms with van der Waals surface area (Å²) < 4.78 is 11.8. The molecule has 1 saturated heterocycles. The molecule has 2 aliphatic rings. The number of nitrogens with one attached hydrogen (secondary N) is 1. The van der Waals surface area contributed by atoms with Gasteiger partial charge in [-0.25, -0.2) is 0 Å². The van der Waals surface area contributed by atoms with E-state index in [1.165, 1.54) is 18.8 Å². The summed E-state index contributed by atoms with van der Waals surface area (Å²) in [6, 6.07) is 10.3. The number of benzene rings is 1. The monoisotopic (exact) mass is 480 g/mol. The fourth-order valence-corrected chi connectivity index (χ4v) is 5.42. The van der Waals surface area contributed by atoms with Gasteiger partial charge in [-0.3, -0.25) is 4.79 Å². The lowest BCUT2D eigenvalue weighted by atomic mass is 9.82. The number of aryl methyl sites for hydroxylation is 1. The number of amides is 1. The standard InChI is InChI=1S/C29H43BNO4/c1-4-6-10-24(19-28(33)31-5-2)14-13-22(3)27-20-26-21-29(27,35-30-34-26)18-17-25(32)16-15-23-11-8-7-9-12-23/h7-9,11-13,17-18,24-27,32H,4-6,10,14-16,19-21H2,1-3H3,(H,31,33)/b18-17+,22-13?/t24?,25-,26+,27+,29+/m0/s1. The lowest BCUT2D eigenvalue weighted by Gasteiger charge is -2.35. The molecule has 35 heavy (non-hydrogen) atoms. The number of hydrogen-bond donors (Lipinski definition) is 2. The van der Waals surface area contributed by atoms with Crippen molar-refractivity contribution < 1.29 is 19.2 Å². The van der Waals surface area contributed by atoms with Gasteiger partial charge >= 0.3 is 7.69 Å². The molecule has 0 aromatic heterocycles. The Morgan fingerprint density at radius 2 is 2.09 bits per heavy atom. The molecular weight excluding hydrogens is 437 g/mol. The Hall–Kier alpha value is -1.89. The molecule has 3 rings (SSSR count). The van der Waals surface area contributed by atoms with Crippen LogP contribution in [-0.4, -0.2) is 43.1 Å². The molecule has 6 heteroatoms. The van der Waals surface area contributed by atoms with Crippen molar-refractivity contribution in [1.29, 1.82) is 0 Å². The Morgan fingerprint density at radius 1 is 1.29 bits per heavy atom. The second kappa shape index (κ2) is 14.0. The van der Waals surface area contributed by atoms with Gasteiger partial charge in [0.2, 0.25) is 5.91 Å². The molecule has 1 aromatic rings. The van der Waals surface area contributed by atoms with Crippen molar-refractivity contribution in [2.75, 3.05) is 6.54 Å². The first kappa shape index (κ1) is 27.7. The van der Waals surface area contributed by atoms with Gasteiger partial charge in [-0.05, 0) is 57.4 Å². The molecule has 5 atom stereocenters. The zero-order chi connectivity index (χ0) is 25.1. The summed E-state index contributed by atoms with van der Waals surface area (Å²) in [6.45, 7) is 7.02. The molecule has 5 nitrogen and oxygen atoms in total. The van der Waals surface area contributed by atoms with E-state index in [-0.39, 0.29) is 17.9 Å². The molecule has 1 heterocycles. The average Bonchev–Trinajstić information content (AvgIpc) is 3.13. The molecule has 1 unspecified atom stereocenters. The Balaban J connectivity index is 1.65. The summed E-state index contributed by atoms with van der Waals surface area (Å²) in [5.74, 6) is 0.694. The van der Waals surface area contributed by atoms with Crippen molar-refractivity contribution in [3.63, 3.8) is 0 Å². The van der Waals surface area contributed by atoms with Crippen LogP contribution in [0.5, 0.6) is 0 Å². The number of hydrogen-bond acceptors (Lipinski definition) is 4. The average molecular weight is 480 g/mol. The van der Waals surface area contributed by atoms with E-state index in [1.54, 1.807) is 0 Å². The van der Waals surface area contributed by atoms with Crippen molar-refractivity contribution in [3.05, 3.63) is 59.7 Å². The Kier molecular flexibility index (Phi) is 11.1. The number of allylic oxidation sites excluding steroid dienone is 1. The molecule has 191 valence electrons. The summed E-state index contributed by atoms with van der Waals surface area (Å²) in [7, 11) is 1.49. The maximum absolute atomic E-state index is 12.2. The molecule has 0 spiro atoms. The third kappa shape index (κ3) is 8.33. The second-order valence-corrected chi connectivity index (χ2v) is 10.2.